The number of hydrogen-bond donors (Lipinski definition) is 2. The number of carboxylic acid groups (broad SMARTS) is 1. The van der Waals surface area contributed by atoms with Crippen LogP contribution in [0.3, 0.4) is 0 Å². The van der Waals surface area contributed by atoms with Gasteiger partial charge in [0.05, 0.1) is 5.41 Å². The molecule has 0 spiro atoms. The van der Waals surface area contributed by atoms with E-state index in [-0.39, 0.29) is 12.8 Å². The van der Waals surface area contributed by atoms with Crippen molar-refractivity contribution < 1.29 is 19.1 Å². The lowest BCUT2D eigenvalue weighted by molar-refractivity contribution is -0.141. The molecule has 0 heterocycles. The molecule has 0 radical (unpaired) electrons. The van der Waals surface area contributed by atoms with Crippen molar-refractivity contribution in [2.45, 2.75) is 24.3 Å². The normalized spacial score (nSPS) is 12.0. The maximum atomic E-state index is 13.6. The van der Waals surface area contributed by atoms with Crippen LogP contribution in [0.4, 0.5) is 4.39 Å². The molecule has 5 heteroatoms. The van der Waals surface area contributed by atoms with Crippen LogP contribution in [0.2, 0.25) is 0 Å². The van der Waals surface area contributed by atoms with Gasteiger partial charge < -0.3 is 10.4 Å². The first kappa shape index (κ1) is 23.9. The molecule has 0 saturated heterocycles. The number of carbonyl (C=O) groups excluding carboxylic acids is 1. The molecule has 0 aliphatic heterocycles. The van der Waals surface area contributed by atoms with Crippen LogP contribution in [0.5, 0.6) is 0 Å². The summed E-state index contributed by atoms with van der Waals surface area (Å²) in [5.74, 6) is -2.04. The van der Waals surface area contributed by atoms with Crippen molar-refractivity contribution in [2.24, 2.45) is 0 Å². The minimum Gasteiger partial charge on any atom is -0.480 e. The predicted molar refractivity (Wildman–Crippen MR) is 133 cm³/mol. The van der Waals surface area contributed by atoms with Gasteiger partial charge >= 0.3 is 5.97 Å². The van der Waals surface area contributed by atoms with Gasteiger partial charge in [0.1, 0.15) is 11.9 Å². The number of hydrogen-bond acceptors (Lipinski definition) is 2. The summed E-state index contributed by atoms with van der Waals surface area (Å²) in [6.07, 6.45) is -0.0220. The Morgan fingerprint density at radius 1 is 0.743 bits per heavy atom. The van der Waals surface area contributed by atoms with Gasteiger partial charge in [0.15, 0.2) is 0 Å². The van der Waals surface area contributed by atoms with Crippen molar-refractivity contribution in [1.82, 2.24) is 5.32 Å². The second-order valence-electron chi connectivity index (χ2n) is 8.47. The standard InChI is InChI=1S/C30H26FNO3/c31-26-18-10-11-22(19-26)20-27(29(34)35)32-28(33)21-30(23-12-4-1-5-13-23,24-14-6-2-7-15-24)25-16-8-3-9-17-25/h1-19,27H,20-21H2,(H,32,33)(H,34,35)/t27-/m1/s1. The van der Waals surface area contributed by atoms with Gasteiger partial charge in [-0.2, -0.15) is 0 Å². The lowest BCUT2D eigenvalue weighted by Gasteiger charge is -2.36. The SMILES string of the molecule is O=C(CC(c1ccccc1)(c1ccccc1)c1ccccc1)N[C@H](Cc1cccc(F)c1)C(=O)O. The second kappa shape index (κ2) is 10.8. The average Bonchev–Trinajstić information content (AvgIpc) is 2.88. The highest BCUT2D eigenvalue weighted by molar-refractivity contribution is 5.85. The minimum absolute atomic E-state index is 0.00201. The molecule has 0 aliphatic carbocycles. The van der Waals surface area contributed by atoms with E-state index in [9.17, 15) is 19.1 Å². The summed E-state index contributed by atoms with van der Waals surface area (Å²) in [7, 11) is 0. The van der Waals surface area contributed by atoms with Gasteiger partial charge in [-0.15, -0.1) is 0 Å². The molecule has 4 aromatic rings. The van der Waals surface area contributed by atoms with E-state index < -0.39 is 29.2 Å². The highest BCUT2D eigenvalue weighted by Gasteiger charge is 2.39. The van der Waals surface area contributed by atoms with Crippen LogP contribution in [-0.4, -0.2) is 23.0 Å². The summed E-state index contributed by atoms with van der Waals surface area (Å²) in [5.41, 5.74) is 2.42. The van der Waals surface area contributed by atoms with Gasteiger partial charge in [-0.3, -0.25) is 4.79 Å². The first-order valence-corrected chi connectivity index (χ1v) is 11.4. The summed E-state index contributed by atoms with van der Waals surface area (Å²) in [6.45, 7) is 0. The van der Waals surface area contributed by atoms with Crippen molar-refractivity contribution in [3.63, 3.8) is 0 Å². The smallest absolute Gasteiger partial charge is 0.326 e. The Hall–Kier alpha value is -4.25. The Bertz CT molecular complexity index is 1180. The third-order valence-electron chi connectivity index (χ3n) is 6.19. The van der Waals surface area contributed by atoms with Gasteiger partial charge in [0, 0.05) is 12.8 Å². The highest BCUT2D eigenvalue weighted by Crippen LogP contribution is 2.42. The minimum atomic E-state index is -1.19. The Morgan fingerprint density at radius 2 is 1.23 bits per heavy atom. The fourth-order valence-corrected chi connectivity index (χ4v) is 4.56. The fourth-order valence-electron chi connectivity index (χ4n) is 4.56. The van der Waals surface area contributed by atoms with Gasteiger partial charge in [-0.05, 0) is 34.4 Å². The van der Waals surface area contributed by atoms with Gasteiger partial charge in [-0.1, -0.05) is 103 Å². The van der Waals surface area contributed by atoms with Gasteiger partial charge in [0.25, 0.3) is 0 Å². The highest BCUT2D eigenvalue weighted by atomic mass is 19.1. The third-order valence-corrected chi connectivity index (χ3v) is 6.19. The van der Waals surface area contributed by atoms with E-state index in [4.69, 9.17) is 0 Å². The van der Waals surface area contributed by atoms with E-state index in [0.29, 0.717) is 5.56 Å². The molecule has 0 aromatic heterocycles. The van der Waals surface area contributed by atoms with Gasteiger partial charge in [0.2, 0.25) is 5.91 Å². The fraction of sp³-hybridized carbons (Fsp3) is 0.133. The van der Waals surface area contributed by atoms with Crippen molar-refractivity contribution in [2.75, 3.05) is 0 Å². The van der Waals surface area contributed by atoms with Crippen LogP contribution >= 0.6 is 0 Å². The quantitative estimate of drug-likeness (QED) is 0.326. The number of carbonyl (C=O) groups is 2. The summed E-state index contributed by atoms with van der Waals surface area (Å²) < 4.78 is 13.6. The van der Waals surface area contributed by atoms with Crippen LogP contribution in [-0.2, 0) is 21.4 Å². The zero-order valence-electron chi connectivity index (χ0n) is 19.1. The number of halogens is 1. The molecule has 1 atom stereocenters. The molecule has 0 bridgehead atoms. The number of nitrogens with one attached hydrogen (secondary N) is 1. The molecule has 4 aromatic carbocycles. The number of benzene rings is 4. The molecule has 0 saturated carbocycles. The topological polar surface area (TPSA) is 66.4 Å². The molecule has 35 heavy (non-hydrogen) atoms. The summed E-state index contributed by atoms with van der Waals surface area (Å²) in [6, 6.07) is 33.8. The zero-order chi connectivity index (χ0) is 24.7. The molecule has 4 rings (SSSR count). The van der Waals surface area contributed by atoms with E-state index in [1.54, 1.807) is 6.07 Å². The zero-order valence-corrected chi connectivity index (χ0v) is 19.1. The number of rotatable bonds is 9. The largest absolute Gasteiger partial charge is 0.480 e. The molecule has 0 aliphatic rings. The van der Waals surface area contributed by atoms with E-state index in [2.05, 4.69) is 5.32 Å². The molecule has 0 fully saturated rings. The van der Waals surface area contributed by atoms with Crippen molar-refractivity contribution in [3.8, 4) is 0 Å². The average molecular weight is 468 g/mol. The Balaban J connectivity index is 1.73. The van der Waals surface area contributed by atoms with Crippen LogP contribution in [0.15, 0.2) is 115 Å². The summed E-state index contributed by atoms with van der Waals surface area (Å²) in [5, 5.41) is 12.5. The van der Waals surface area contributed by atoms with E-state index in [0.717, 1.165) is 16.7 Å². The molecule has 4 nitrogen and oxygen atoms in total. The first-order valence-electron chi connectivity index (χ1n) is 11.4. The number of carboxylic acids is 1. The Morgan fingerprint density at radius 3 is 1.66 bits per heavy atom. The molecule has 176 valence electrons. The van der Waals surface area contributed by atoms with Crippen molar-refractivity contribution >= 4 is 11.9 Å². The molecule has 0 unspecified atom stereocenters. The van der Waals surface area contributed by atoms with Crippen LogP contribution in [0.1, 0.15) is 28.7 Å². The summed E-state index contributed by atoms with van der Waals surface area (Å²) in [4.78, 5) is 25.5. The van der Waals surface area contributed by atoms with E-state index in [1.165, 1.54) is 18.2 Å². The predicted octanol–water partition coefficient (Wildman–Crippen LogP) is 5.36. The van der Waals surface area contributed by atoms with Crippen molar-refractivity contribution in [1.29, 1.82) is 0 Å². The van der Waals surface area contributed by atoms with Crippen molar-refractivity contribution in [3.05, 3.63) is 143 Å². The monoisotopic (exact) mass is 467 g/mol. The summed E-state index contributed by atoms with van der Waals surface area (Å²) >= 11 is 0. The molecule has 2 N–H and O–H groups in total. The lowest BCUT2D eigenvalue weighted by Crippen LogP contribution is -2.45. The number of aliphatic carboxylic acids is 1. The van der Waals surface area contributed by atoms with Crippen LogP contribution < -0.4 is 5.32 Å². The molecular formula is C30H26FNO3. The van der Waals surface area contributed by atoms with Crippen LogP contribution in [0.25, 0.3) is 0 Å². The number of amides is 1. The second-order valence-corrected chi connectivity index (χ2v) is 8.47. The Labute approximate surface area is 204 Å². The maximum Gasteiger partial charge on any atom is 0.326 e. The Kier molecular flexibility index (Phi) is 7.36. The van der Waals surface area contributed by atoms with E-state index in [1.807, 2.05) is 91.0 Å². The first-order chi connectivity index (χ1) is 17.0. The third kappa shape index (κ3) is 5.46. The maximum absolute atomic E-state index is 13.6. The molecule has 1 amide bonds. The van der Waals surface area contributed by atoms with E-state index >= 15 is 0 Å². The molecular weight excluding hydrogens is 441 g/mol. The van der Waals surface area contributed by atoms with Crippen LogP contribution in [0, 0.1) is 5.82 Å². The van der Waals surface area contributed by atoms with Gasteiger partial charge in [-0.25, -0.2) is 9.18 Å². The lowest BCUT2D eigenvalue weighted by atomic mass is 9.67.